The Hall–Kier alpha value is -3.05. The number of hydrogen-bond acceptors (Lipinski definition) is 2. The topological polar surface area (TPSA) is 62.7 Å². The third kappa shape index (κ3) is 3.88. The van der Waals surface area contributed by atoms with Crippen molar-refractivity contribution in [2.45, 2.75) is 19.4 Å². The normalized spacial score (nSPS) is 11.0. The molecule has 5 nitrogen and oxygen atoms in total. The Balaban J connectivity index is 1.40. The highest BCUT2D eigenvalue weighted by Crippen LogP contribution is 2.20. The molecule has 2 aromatic heterocycles. The highest BCUT2D eigenvalue weighted by molar-refractivity contribution is 6.31. The summed E-state index contributed by atoms with van der Waals surface area (Å²) in [5.41, 5.74) is 3.19. The minimum Gasteiger partial charge on any atom is -0.361 e. The Kier molecular flexibility index (Phi) is 4.94. The maximum atomic E-state index is 12.4. The minimum atomic E-state index is -0.0406. The second-order valence-corrected chi connectivity index (χ2v) is 6.78. The van der Waals surface area contributed by atoms with Crippen LogP contribution in [0.5, 0.6) is 0 Å². The molecule has 0 aliphatic carbocycles. The molecule has 4 rings (SSSR count). The lowest BCUT2D eigenvalue weighted by Gasteiger charge is -2.10. The SMILES string of the molecule is O=C(CCc1c[nH]c2ccccc12)Nc1ccnn1Cc1ccccc1Cl. The molecule has 2 aromatic carbocycles. The first kappa shape index (κ1) is 17.4. The van der Waals surface area contributed by atoms with Gasteiger partial charge in [-0.15, -0.1) is 0 Å². The first-order chi connectivity index (χ1) is 13.2. The van der Waals surface area contributed by atoms with Crippen molar-refractivity contribution >= 4 is 34.2 Å². The number of aryl methyl sites for hydroxylation is 1. The van der Waals surface area contributed by atoms with Crippen LogP contribution in [-0.2, 0) is 17.8 Å². The second kappa shape index (κ2) is 7.68. The van der Waals surface area contributed by atoms with Crippen LogP contribution in [0.3, 0.4) is 0 Å². The molecule has 0 saturated carbocycles. The van der Waals surface area contributed by atoms with E-state index in [1.807, 2.05) is 48.7 Å². The van der Waals surface area contributed by atoms with Crippen molar-refractivity contribution in [3.05, 3.63) is 83.1 Å². The van der Waals surface area contributed by atoms with Crippen molar-refractivity contribution in [1.29, 1.82) is 0 Å². The summed E-state index contributed by atoms with van der Waals surface area (Å²) in [5, 5.41) is 9.09. The van der Waals surface area contributed by atoms with Crippen molar-refractivity contribution in [2.75, 3.05) is 5.32 Å². The lowest BCUT2D eigenvalue weighted by Crippen LogP contribution is -2.16. The maximum absolute atomic E-state index is 12.4. The zero-order valence-electron chi connectivity index (χ0n) is 14.7. The van der Waals surface area contributed by atoms with Gasteiger partial charge in [0.1, 0.15) is 5.82 Å². The molecule has 0 saturated heterocycles. The lowest BCUT2D eigenvalue weighted by atomic mass is 10.1. The first-order valence-electron chi connectivity index (χ1n) is 8.81. The van der Waals surface area contributed by atoms with Crippen LogP contribution in [0.25, 0.3) is 10.9 Å². The van der Waals surface area contributed by atoms with Crippen LogP contribution in [0.1, 0.15) is 17.5 Å². The van der Waals surface area contributed by atoms with E-state index in [1.54, 1.807) is 16.9 Å². The third-order valence-corrected chi connectivity index (χ3v) is 4.93. The average molecular weight is 379 g/mol. The molecule has 0 spiro atoms. The molecule has 0 unspecified atom stereocenters. The van der Waals surface area contributed by atoms with Gasteiger partial charge in [-0.05, 0) is 29.7 Å². The molecule has 0 aliphatic rings. The van der Waals surface area contributed by atoms with E-state index in [0.29, 0.717) is 30.2 Å². The number of nitrogens with zero attached hydrogens (tertiary/aromatic N) is 2. The van der Waals surface area contributed by atoms with Crippen LogP contribution in [0.4, 0.5) is 5.82 Å². The Morgan fingerprint density at radius 3 is 2.78 bits per heavy atom. The molecule has 0 atom stereocenters. The fraction of sp³-hybridized carbons (Fsp3) is 0.143. The van der Waals surface area contributed by atoms with Crippen LogP contribution in [-0.4, -0.2) is 20.7 Å². The van der Waals surface area contributed by atoms with Crippen molar-refractivity contribution in [1.82, 2.24) is 14.8 Å². The van der Waals surface area contributed by atoms with Gasteiger partial charge in [0.2, 0.25) is 5.91 Å². The van der Waals surface area contributed by atoms with Crippen molar-refractivity contribution in [2.24, 2.45) is 0 Å². The number of halogens is 1. The van der Waals surface area contributed by atoms with Crippen molar-refractivity contribution in [3.8, 4) is 0 Å². The standard InChI is InChI=1S/C21H19ClN4O/c22-18-7-3-1-5-16(18)14-26-20(11-12-24-26)25-21(27)10-9-15-13-23-19-8-4-2-6-17(15)19/h1-8,11-13,23H,9-10,14H2,(H,25,27). The number of para-hydroxylation sites is 1. The molecule has 0 fully saturated rings. The monoisotopic (exact) mass is 378 g/mol. The zero-order chi connectivity index (χ0) is 18.6. The predicted molar refractivity (Wildman–Crippen MR) is 108 cm³/mol. The Morgan fingerprint density at radius 1 is 1.07 bits per heavy atom. The second-order valence-electron chi connectivity index (χ2n) is 6.37. The molecule has 0 bridgehead atoms. The molecule has 4 aromatic rings. The van der Waals surface area contributed by atoms with E-state index in [1.165, 1.54) is 0 Å². The summed E-state index contributed by atoms with van der Waals surface area (Å²) in [4.78, 5) is 15.7. The number of rotatable bonds is 6. The number of nitrogens with one attached hydrogen (secondary N) is 2. The summed E-state index contributed by atoms with van der Waals surface area (Å²) in [7, 11) is 0. The highest BCUT2D eigenvalue weighted by Gasteiger charge is 2.11. The van der Waals surface area contributed by atoms with E-state index in [9.17, 15) is 4.79 Å². The quantitative estimate of drug-likeness (QED) is 0.513. The van der Waals surface area contributed by atoms with E-state index >= 15 is 0 Å². The van der Waals surface area contributed by atoms with Crippen molar-refractivity contribution in [3.63, 3.8) is 0 Å². The van der Waals surface area contributed by atoms with E-state index in [2.05, 4.69) is 21.5 Å². The number of amides is 1. The number of aromatic amines is 1. The van der Waals surface area contributed by atoms with Crippen molar-refractivity contribution < 1.29 is 4.79 Å². The van der Waals surface area contributed by atoms with Gasteiger partial charge < -0.3 is 10.3 Å². The summed E-state index contributed by atoms with van der Waals surface area (Å²) in [6.45, 7) is 0.505. The maximum Gasteiger partial charge on any atom is 0.225 e. The van der Waals surface area contributed by atoms with Crippen LogP contribution in [0, 0.1) is 0 Å². The van der Waals surface area contributed by atoms with Gasteiger partial charge >= 0.3 is 0 Å². The van der Waals surface area contributed by atoms with Crippen LogP contribution in [0.2, 0.25) is 5.02 Å². The molecule has 27 heavy (non-hydrogen) atoms. The predicted octanol–water partition coefficient (Wildman–Crippen LogP) is 4.64. The number of H-pyrrole nitrogens is 1. The number of carbonyl (C=O) groups is 1. The molecule has 1 amide bonds. The molecule has 0 radical (unpaired) electrons. The molecule has 6 heteroatoms. The van der Waals surface area contributed by atoms with Crippen LogP contribution >= 0.6 is 11.6 Å². The summed E-state index contributed by atoms with van der Waals surface area (Å²) in [6, 6.07) is 17.5. The molecule has 136 valence electrons. The number of fused-ring (bicyclic) bond motifs is 1. The lowest BCUT2D eigenvalue weighted by molar-refractivity contribution is -0.116. The molecular weight excluding hydrogens is 360 g/mol. The molecule has 2 heterocycles. The minimum absolute atomic E-state index is 0.0406. The van der Waals surface area contributed by atoms with E-state index < -0.39 is 0 Å². The Labute approximate surface area is 162 Å². The number of aromatic nitrogens is 3. The highest BCUT2D eigenvalue weighted by atomic mass is 35.5. The average Bonchev–Trinajstić information content (AvgIpc) is 3.29. The Morgan fingerprint density at radius 2 is 1.89 bits per heavy atom. The van der Waals surface area contributed by atoms with Crippen LogP contribution < -0.4 is 5.32 Å². The van der Waals surface area contributed by atoms with Gasteiger partial charge in [-0.1, -0.05) is 48.0 Å². The molecule has 2 N–H and O–H groups in total. The van der Waals surface area contributed by atoms with E-state index in [4.69, 9.17) is 11.6 Å². The number of anilines is 1. The summed E-state index contributed by atoms with van der Waals surface area (Å²) >= 11 is 6.22. The zero-order valence-corrected chi connectivity index (χ0v) is 15.4. The number of benzene rings is 2. The fourth-order valence-electron chi connectivity index (χ4n) is 3.14. The van der Waals surface area contributed by atoms with E-state index in [0.717, 1.165) is 22.0 Å². The largest absolute Gasteiger partial charge is 0.361 e. The van der Waals surface area contributed by atoms with Gasteiger partial charge in [0, 0.05) is 34.6 Å². The van der Waals surface area contributed by atoms with Gasteiger partial charge in [-0.25, -0.2) is 4.68 Å². The van der Waals surface area contributed by atoms with Gasteiger partial charge in [-0.3, -0.25) is 4.79 Å². The van der Waals surface area contributed by atoms with Gasteiger partial charge in [0.15, 0.2) is 0 Å². The summed E-state index contributed by atoms with van der Waals surface area (Å²) < 4.78 is 1.74. The smallest absolute Gasteiger partial charge is 0.225 e. The first-order valence-corrected chi connectivity index (χ1v) is 9.18. The van der Waals surface area contributed by atoms with Gasteiger partial charge in [0.25, 0.3) is 0 Å². The van der Waals surface area contributed by atoms with Gasteiger partial charge in [0.05, 0.1) is 12.7 Å². The van der Waals surface area contributed by atoms with Gasteiger partial charge in [-0.2, -0.15) is 5.10 Å². The van der Waals surface area contributed by atoms with Crippen LogP contribution in [0.15, 0.2) is 67.0 Å². The molecule has 0 aliphatic heterocycles. The van der Waals surface area contributed by atoms with E-state index in [-0.39, 0.29) is 5.91 Å². The number of carbonyl (C=O) groups excluding carboxylic acids is 1. The Bertz CT molecular complexity index is 1080. The fourth-order valence-corrected chi connectivity index (χ4v) is 3.34. The summed E-state index contributed by atoms with van der Waals surface area (Å²) in [5.74, 6) is 0.625. The third-order valence-electron chi connectivity index (χ3n) is 4.56. The number of hydrogen-bond donors (Lipinski definition) is 2. The molecular formula is C21H19ClN4O. The summed E-state index contributed by atoms with van der Waals surface area (Å²) in [6.07, 6.45) is 4.72.